The van der Waals surface area contributed by atoms with Crippen molar-refractivity contribution in [2.24, 2.45) is 0 Å². The van der Waals surface area contributed by atoms with Gasteiger partial charge in [-0.2, -0.15) is 4.31 Å². The maximum absolute atomic E-state index is 11.9. The topological polar surface area (TPSA) is 67.2 Å². The first-order valence-corrected chi connectivity index (χ1v) is 9.20. The minimum absolute atomic E-state index is 0.0417. The number of piperazine rings is 1. The SMILES string of the molecule is CS(=O)(=O)N1CCN[C@@H](C2c3ccccc3-c3cncn32)C1. The van der Waals surface area contributed by atoms with E-state index in [1.807, 2.05) is 24.7 Å². The van der Waals surface area contributed by atoms with Gasteiger partial charge in [0.1, 0.15) is 0 Å². The summed E-state index contributed by atoms with van der Waals surface area (Å²) in [5, 5.41) is 3.48. The molecule has 0 spiro atoms. The number of imidazole rings is 1. The number of aromatic nitrogens is 2. The van der Waals surface area contributed by atoms with Crippen LogP contribution in [0.1, 0.15) is 11.6 Å². The Balaban J connectivity index is 1.74. The number of nitrogens with one attached hydrogen (secondary N) is 1. The number of fused-ring (bicyclic) bond motifs is 3. The Kier molecular flexibility index (Phi) is 3.11. The minimum atomic E-state index is -3.16. The molecule has 116 valence electrons. The largest absolute Gasteiger partial charge is 0.321 e. The average Bonchev–Trinajstić information content (AvgIpc) is 3.06. The molecule has 1 fully saturated rings. The fraction of sp³-hybridized carbons (Fsp3) is 0.400. The number of hydrogen-bond donors (Lipinski definition) is 1. The molecule has 2 aliphatic rings. The highest BCUT2D eigenvalue weighted by Crippen LogP contribution is 2.41. The first kappa shape index (κ1) is 13.9. The van der Waals surface area contributed by atoms with Crippen molar-refractivity contribution in [3.63, 3.8) is 0 Å². The van der Waals surface area contributed by atoms with Crippen molar-refractivity contribution >= 4 is 10.0 Å². The molecule has 2 aromatic rings. The van der Waals surface area contributed by atoms with Gasteiger partial charge in [0.2, 0.25) is 10.0 Å². The number of rotatable bonds is 2. The fourth-order valence-electron chi connectivity index (χ4n) is 3.55. The molecule has 1 aromatic carbocycles. The van der Waals surface area contributed by atoms with Crippen LogP contribution in [0, 0.1) is 0 Å². The highest BCUT2D eigenvalue weighted by molar-refractivity contribution is 7.88. The lowest BCUT2D eigenvalue weighted by Gasteiger charge is -2.36. The van der Waals surface area contributed by atoms with E-state index in [1.54, 1.807) is 4.31 Å². The molecule has 2 atom stereocenters. The summed E-state index contributed by atoms with van der Waals surface area (Å²) in [7, 11) is -3.16. The first-order valence-electron chi connectivity index (χ1n) is 7.35. The molecule has 0 aliphatic carbocycles. The van der Waals surface area contributed by atoms with Gasteiger partial charge in [-0.25, -0.2) is 13.4 Å². The van der Waals surface area contributed by atoms with Gasteiger partial charge in [-0.15, -0.1) is 0 Å². The summed E-state index contributed by atoms with van der Waals surface area (Å²) in [5.41, 5.74) is 3.51. The van der Waals surface area contributed by atoms with E-state index in [1.165, 1.54) is 17.4 Å². The summed E-state index contributed by atoms with van der Waals surface area (Å²) >= 11 is 0. The van der Waals surface area contributed by atoms with Crippen molar-refractivity contribution in [1.82, 2.24) is 19.2 Å². The molecule has 0 radical (unpaired) electrons. The monoisotopic (exact) mass is 318 g/mol. The van der Waals surface area contributed by atoms with Crippen LogP contribution in [0.15, 0.2) is 36.8 Å². The maximum atomic E-state index is 11.9. The standard InChI is InChI=1S/C15H18N4O2S/c1-22(20,21)18-7-6-17-13(9-18)15-12-5-3-2-4-11(12)14-8-16-10-19(14)15/h2-5,8,10,13,15,17H,6-7,9H2,1H3/t13-,15?/m1/s1. The zero-order chi connectivity index (χ0) is 15.3. The molecule has 1 aromatic heterocycles. The number of sulfonamides is 1. The van der Waals surface area contributed by atoms with Crippen molar-refractivity contribution < 1.29 is 8.42 Å². The predicted octanol–water partition coefficient (Wildman–Crippen LogP) is 0.686. The summed E-state index contributed by atoms with van der Waals surface area (Å²) in [6.07, 6.45) is 4.98. The van der Waals surface area contributed by atoms with Gasteiger partial charge < -0.3 is 9.88 Å². The molecule has 1 unspecified atom stereocenters. The van der Waals surface area contributed by atoms with Gasteiger partial charge in [0.15, 0.2) is 0 Å². The van der Waals surface area contributed by atoms with Crippen molar-refractivity contribution in [3.05, 3.63) is 42.4 Å². The van der Waals surface area contributed by atoms with Crippen molar-refractivity contribution in [3.8, 4) is 11.3 Å². The highest BCUT2D eigenvalue weighted by Gasteiger charge is 2.37. The lowest BCUT2D eigenvalue weighted by atomic mass is 9.96. The third-order valence-corrected chi connectivity index (χ3v) is 5.81. The van der Waals surface area contributed by atoms with Gasteiger partial charge in [0.05, 0.1) is 30.5 Å². The molecule has 1 N–H and O–H groups in total. The molecule has 7 heteroatoms. The van der Waals surface area contributed by atoms with Gasteiger partial charge in [0, 0.05) is 31.2 Å². The van der Waals surface area contributed by atoms with Crippen LogP contribution in [0.2, 0.25) is 0 Å². The molecule has 0 saturated carbocycles. The van der Waals surface area contributed by atoms with Crippen LogP contribution in [-0.2, 0) is 10.0 Å². The van der Waals surface area contributed by atoms with Crippen LogP contribution in [-0.4, -0.2) is 54.2 Å². The van der Waals surface area contributed by atoms with E-state index in [0.29, 0.717) is 19.6 Å². The highest BCUT2D eigenvalue weighted by atomic mass is 32.2. The van der Waals surface area contributed by atoms with E-state index in [-0.39, 0.29) is 12.1 Å². The summed E-state index contributed by atoms with van der Waals surface area (Å²) in [6.45, 7) is 1.68. The summed E-state index contributed by atoms with van der Waals surface area (Å²) in [5.74, 6) is 0. The Hall–Kier alpha value is -1.70. The predicted molar refractivity (Wildman–Crippen MR) is 84.0 cm³/mol. The second-order valence-electron chi connectivity index (χ2n) is 5.90. The molecular formula is C15H18N4O2S. The second-order valence-corrected chi connectivity index (χ2v) is 7.88. The lowest BCUT2D eigenvalue weighted by Crippen LogP contribution is -2.55. The number of benzene rings is 1. The van der Waals surface area contributed by atoms with Crippen LogP contribution in [0.4, 0.5) is 0 Å². The van der Waals surface area contributed by atoms with Gasteiger partial charge in [0.25, 0.3) is 0 Å². The zero-order valence-corrected chi connectivity index (χ0v) is 13.1. The second kappa shape index (κ2) is 4.91. The van der Waals surface area contributed by atoms with E-state index in [4.69, 9.17) is 0 Å². The fourth-order valence-corrected chi connectivity index (χ4v) is 4.40. The van der Waals surface area contributed by atoms with Crippen LogP contribution < -0.4 is 5.32 Å². The molecule has 6 nitrogen and oxygen atoms in total. The van der Waals surface area contributed by atoms with Gasteiger partial charge >= 0.3 is 0 Å². The van der Waals surface area contributed by atoms with Crippen molar-refractivity contribution in [2.75, 3.05) is 25.9 Å². The van der Waals surface area contributed by atoms with E-state index in [0.717, 1.165) is 5.69 Å². The van der Waals surface area contributed by atoms with Crippen molar-refractivity contribution in [1.29, 1.82) is 0 Å². The molecule has 4 rings (SSSR count). The molecule has 2 aliphatic heterocycles. The summed E-state index contributed by atoms with van der Waals surface area (Å²) in [4.78, 5) is 4.26. The van der Waals surface area contributed by atoms with Crippen LogP contribution in [0.3, 0.4) is 0 Å². The lowest BCUT2D eigenvalue weighted by molar-refractivity contribution is 0.262. The molecular weight excluding hydrogens is 300 g/mol. The Labute approximate surface area is 129 Å². The average molecular weight is 318 g/mol. The number of nitrogens with zero attached hydrogens (tertiary/aromatic N) is 3. The summed E-state index contributed by atoms with van der Waals surface area (Å²) < 4.78 is 27.4. The van der Waals surface area contributed by atoms with Crippen molar-refractivity contribution in [2.45, 2.75) is 12.1 Å². The quantitative estimate of drug-likeness (QED) is 0.884. The molecule has 22 heavy (non-hydrogen) atoms. The van der Waals surface area contributed by atoms with Crippen LogP contribution >= 0.6 is 0 Å². The van der Waals surface area contributed by atoms with Crippen LogP contribution in [0.5, 0.6) is 0 Å². The number of hydrogen-bond acceptors (Lipinski definition) is 4. The van der Waals surface area contributed by atoms with Gasteiger partial charge in [-0.1, -0.05) is 24.3 Å². The Morgan fingerprint density at radius 1 is 1.32 bits per heavy atom. The minimum Gasteiger partial charge on any atom is -0.321 e. The van der Waals surface area contributed by atoms with E-state index in [9.17, 15) is 8.42 Å². The maximum Gasteiger partial charge on any atom is 0.211 e. The Morgan fingerprint density at radius 3 is 2.95 bits per heavy atom. The molecule has 3 heterocycles. The van der Waals surface area contributed by atoms with Gasteiger partial charge in [-0.3, -0.25) is 0 Å². The molecule has 0 amide bonds. The molecule has 1 saturated heterocycles. The van der Waals surface area contributed by atoms with Gasteiger partial charge in [-0.05, 0) is 5.56 Å². The first-order chi connectivity index (χ1) is 10.6. The summed E-state index contributed by atoms with van der Waals surface area (Å²) in [6, 6.07) is 8.39. The smallest absolute Gasteiger partial charge is 0.211 e. The van der Waals surface area contributed by atoms with Crippen LogP contribution in [0.25, 0.3) is 11.3 Å². The third kappa shape index (κ3) is 2.08. The van der Waals surface area contributed by atoms with E-state index < -0.39 is 10.0 Å². The zero-order valence-electron chi connectivity index (χ0n) is 12.3. The Morgan fingerprint density at radius 2 is 2.14 bits per heavy atom. The molecule has 0 bridgehead atoms. The van der Waals surface area contributed by atoms with E-state index in [2.05, 4.69) is 27.0 Å². The normalized spacial score (nSPS) is 25.0. The third-order valence-electron chi connectivity index (χ3n) is 4.54. The Bertz CT molecular complexity index is 814. The van der Waals surface area contributed by atoms with E-state index >= 15 is 0 Å².